The van der Waals surface area contributed by atoms with Crippen LogP contribution in [0.2, 0.25) is 0 Å². The highest BCUT2D eigenvalue weighted by Gasteiger charge is 2.21. The minimum absolute atomic E-state index is 0.244. The fraction of sp³-hybridized carbons (Fsp3) is 0.176. The lowest BCUT2D eigenvalue weighted by Gasteiger charge is -2.12. The van der Waals surface area contributed by atoms with Gasteiger partial charge >= 0.3 is 0 Å². The molecule has 1 unspecified atom stereocenters. The van der Waals surface area contributed by atoms with E-state index in [1.807, 2.05) is 43.3 Å². The molecule has 2 aromatic heterocycles. The third-order valence-electron chi connectivity index (χ3n) is 3.67. The third kappa shape index (κ3) is 2.76. The maximum atomic E-state index is 12.2. The second-order valence-corrected chi connectivity index (χ2v) is 5.82. The van der Waals surface area contributed by atoms with Gasteiger partial charge in [-0.1, -0.05) is 24.3 Å². The quantitative estimate of drug-likeness (QED) is 0.711. The summed E-state index contributed by atoms with van der Waals surface area (Å²) in [6, 6.07) is 13.7. The van der Waals surface area contributed by atoms with Crippen LogP contribution in [0.3, 0.4) is 0 Å². The zero-order chi connectivity index (χ0) is 16.4. The van der Waals surface area contributed by atoms with Gasteiger partial charge in [-0.15, -0.1) is 0 Å². The summed E-state index contributed by atoms with van der Waals surface area (Å²) in [5.41, 5.74) is 1.70. The predicted octanol–water partition coefficient (Wildman–Crippen LogP) is 3.23. The summed E-state index contributed by atoms with van der Waals surface area (Å²) in [6.45, 7) is 2.32. The van der Waals surface area contributed by atoms with Crippen molar-refractivity contribution in [2.24, 2.45) is 0 Å². The molecule has 0 fully saturated rings. The minimum Gasteiger partial charge on any atom is -0.266 e. The monoisotopic (exact) mass is 368 g/mol. The number of rotatable bonds is 3. The highest BCUT2D eigenvalue weighted by Crippen LogP contribution is 2.27. The van der Waals surface area contributed by atoms with Crippen molar-refractivity contribution in [2.45, 2.75) is 19.4 Å². The number of nitrogens with zero attached hydrogens (tertiary/aromatic N) is 4. The van der Waals surface area contributed by atoms with Gasteiger partial charge in [-0.25, -0.2) is 4.68 Å². The number of halogens is 1. The third-order valence-corrected chi connectivity index (χ3v) is 4.46. The van der Waals surface area contributed by atoms with Gasteiger partial charge in [0, 0.05) is 17.5 Å². The van der Waals surface area contributed by atoms with Crippen LogP contribution in [0.1, 0.15) is 24.1 Å². The van der Waals surface area contributed by atoms with E-state index in [0.717, 1.165) is 10.9 Å². The first-order valence-electron chi connectivity index (χ1n) is 7.16. The van der Waals surface area contributed by atoms with Gasteiger partial charge in [-0.3, -0.25) is 9.78 Å². The number of aryl methyl sites for hydroxylation is 1. The zero-order valence-corrected chi connectivity index (χ0v) is 14.0. The van der Waals surface area contributed by atoms with Crippen molar-refractivity contribution in [1.29, 1.82) is 5.26 Å². The average Bonchev–Trinajstić information content (AvgIpc) is 2.59. The van der Waals surface area contributed by atoms with Gasteiger partial charge < -0.3 is 0 Å². The number of hydrogen-bond donors (Lipinski definition) is 0. The number of para-hydroxylation sites is 1. The van der Waals surface area contributed by atoms with Crippen molar-refractivity contribution in [3.63, 3.8) is 0 Å². The van der Waals surface area contributed by atoms with Gasteiger partial charge in [0.15, 0.2) is 0 Å². The van der Waals surface area contributed by atoms with E-state index in [1.54, 1.807) is 6.20 Å². The Morgan fingerprint density at radius 2 is 2.09 bits per heavy atom. The van der Waals surface area contributed by atoms with Crippen molar-refractivity contribution in [1.82, 2.24) is 14.8 Å². The molecule has 2 heterocycles. The molecule has 6 heteroatoms. The Hall–Kier alpha value is -2.52. The van der Waals surface area contributed by atoms with Crippen molar-refractivity contribution < 1.29 is 0 Å². The minimum atomic E-state index is -0.652. The molecule has 23 heavy (non-hydrogen) atoms. The Bertz CT molecular complexity index is 974. The molecule has 0 bridgehead atoms. The number of fused-ring (bicyclic) bond motifs is 1. The van der Waals surface area contributed by atoms with Crippen LogP contribution in [-0.2, 0) is 6.54 Å². The smallest absolute Gasteiger partial charge is 0.266 e. The second kappa shape index (κ2) is 6.31. The maximum Gasteiger partial charge on any atom is 0.281 e. The summed E-state index contributed by atoms with van der Waals surface area (Å²) in [5.74, 6) is -0.652. The van der Waals surface area contributed by atoms with E-state index in [1.165, 1.54) is 4.68 Å². The van der Waals surface area contributed by atoms with E-state index in [0.29, 0.717) is 22.3 Å². The van der Waals surface area contributed by atoms with Gasteiger partial charge in [0.05, 0.1) is 27.9 Å². The largest absolute Gasteiger partial charge is 0.281 e. The molecular formula is C17H13BrN4O. The molecule has 0 amide bonds. The molecule has 0 aliphatic carbocycles. The van der Waals surface area contributed by atoms with E-state index >= 15 is 0 Å². The van der Waals surface area contributed by atoms with Crippen molar-refractivity contribution >= 4 is 26.8 Å². The van der Waals surface area contributed by atoms with Crippen LogP contribution in [0.25, 0.3) is 10.9 Å². The van der Waals surface area contributed by atoms with Gasteiger partial charge in [0.25, 0.3) is 5.56 Å². The molecule has 0 saturated carbocycles. The summed E-state index contributed by atoms with van der Waals surface area (Å²) in [5, 5.41) is 14.7. The van der Waals surface area contributed by atoms with Gasteiger partial charge in [-0.2, -0.15) is 10.4 Å². The zero-order valence-electron chi connectivity index (χ0n) is 12.4. The van der Waals surface area contributed by atoms with E-state index in [4.69, 9.17) is 0 Å². The first kappa shape index (κ1) is 15.4. The highest BCUT2D eigenvalue weighted by molar-refractivity contribution is 9.10. The van der Waals surface area contributed by atoms with Crippen LogP contribution in [0, 0.1) is 11.3 Å². The second-order valence-electron chi connectivity index (χ2n) is 5.03. The van der Waals surface area contributed by atoms with E-state index < -0.39 is 5.92 Å². The molecule has 0 radical (unpaired) electrons. The topological polar surface area (TPSA) is 71.6 Å². The van der Waals surface area contributed by atoms with Gasteiger partial charge in [0.1, 0.15) is 5.92 Å². The fourth-order valence-corrected chi connectivity index (χ4v) is 2.98. The molecule has 5 nitrogen and oxygen atoms in total. The van der Waals surface area contributed by atoms with Crippen LogP contribution in [0.15, 0.2) is 51.9 Å². The van der Waals surface area contributed by atoms with E-state index in [2.05, 4.69) is 32.1 Å². The lowest BCUT2D eigenvalue weighted by atomic mass is 9.98. The number of aromatic nitrogens is 3. The summed E-state index contributed by atoms with van der Waals surface area (Å²) in [4.78, 5) is 16.8. The number of pyridine rings is 1. The lowest BCUT2D eigenvalue weighted by molar-refractivity contribution is 0.606. The standard InChI is InChI=1S/C17H13BrN4O/c1-2-22-17(23)16(18)13(10-20-22)12(9-19)15-8-7-11-5-3-4-6-14(11)21-15/h3-8,10,12H,2H2,1H3. The van der Waals surface area contributed by atoms with Crippen LogP contribution >= 0.6 is 15.9 Å². The molecule has 1 aromatic carbocycles. The Labute approximate surface area is 141 Å². The van der Waals surface area contributed by atoms with Crippen LogP contribution in [0.5, 0.6) is 0 Å². The van der Waals surface area contributed by atoms with Gasteiger partial charge in [0.2, 0.25) is 0 Å². The molecule has 0 N–H and O–H groups in total. The lowest BCUT2D eigenvalue weighted by Crippen LogP contribution is -2.24. The molecule has 0 saturated heterocycles. The fourth-order valence-electron chi connectivity index (χ4n) is 2.44. The van der Waals surface area contributed by atoms with Crippen molar-refractivity contribution in [3.8, 4) is 6.07 Å². The summed E-state index contributed by atoms with van der Waals surface area (Å²) >= 11 is 3.31. The molecule has 114 valence electrons. The van der Waals surface area contributed by atoms with Crippen LogP contribution in [-0.4, -0.2) is 14.8 Å². The number of nitriles is 1. The molecule has 3 rings (SSSR count). The number of benzene rings is 1. The molecule has 0 spiro atoms. The first-order valence-corrected chi connectivity index (χ1v) is 7.95. The predicted molar refractivity (Wildman–Crippen MR) is 91.1 cm³/mol. The van der Waals surface area contributed by atoms with Crippen molar-refractivity contribution in [3.05, 3.63) is 68.7 Å². The Morgan fingerprint density at radius 1 is 1.30 bits per heavy atom. The van der Waals surface area contributed by atoms with Gasteiger partial charge in [-0.05, 0) is 35.0 Å². The Morgan fingerprint density at radius 3 is 2.83 bits per heavy atom. The van der Waals surface area contributed by atoms with E-state index in [-0.39, 0.29) is 5.56 Å². The number of hydrogen-bond acceptors (Lipinski definition) is 4. The normalized spacial score (nSPS) is 12.0. The van der Waals surface area contributed by atoms with Crippen LogP contribution in [0.4, 0.5) is 0 Å². The average molecular weight is 369 g/mol. The summed E-state index contributed by atoms with van der Waals surface area (Å²) in [7, 11) is 0. The SMILES string of the molecule is CCn1ncc(C(C#N)c2ccc3ccccc3n2)c(Br)c1=O. The molecule has 0 aliphatic heterocycles. The molecular weight excluding hydrogens is 356 g/mol. The van der Waals surface area contributed by atoms with Crippen LogP contribution < -0.4 is 5.56 Å². The first-order chi connectivity index (χ1) is 11.2. The Balaban J connectivity index is 2.14. The Kier molecular flexibility index (Phi) is 4.22. The molecule has 0 aliphatic rings. The summed E-state index contributed by atoms with van der Waals surface area (Å²) in [6.07, 6.45) is 1.56. The van der Waals surface area contributed by atoms with E-state index in [9.17, 15) is 10.1 Å². The highest BCUT2D eigenvalue weighted by atomic mass is 79.9. The maximum absolute atomic E-state index is 12.2. The summed E-state index contributed by atoms with van der Waals surface area (Å²) < 4.78 is 1.70. The molecule has 1 atom stereocenters. The van der Waals surface area contributed by atoms with Crippen molar-refractivity contribution in [2.75, 3.05) is 0 Å². The molecule has 3 aromatic rings.